The summed E-state index contributed by atoms with van der Waals surface area (Å²) < 4.78 is 0. The maximum Gasteiger partial charge on any atom is 0.224 e. The molecule has 5 heteroatoms. The molecule has 2 rings (SSSR count). The molecule has 0 fully saturated rings. The molecule has 0 saturated heterocycles. The van der Waals surface area contributed by atoms with E-state index >= 15 is 0 Å². The van der Waals surface area contributed by atoms with Crippen LogP contribution in [0.5, 0.6) is 0 Å². The Hall–Kier alpha value is -2.17. The first-order valence-electron chi connectivity index (χ1n) is 7.09. The first kappa shape index (κ1) is 14.2. The summed E-state index contributed by atoms with van der Waals surface area (Å²) >= 11 is 0. The van der Waals surface area contributed by atoms with Gasteiger partial charge in [-0.3, -0.25) is 4.98 Å². The Morgan fingerprint density at radius 2 is 1.95 bits per heavy atom. The van der Waals surface area contributed by atoms with Gasteiger partial charge in [0.25, 0.3) is 0 Å². The molecule has 2 aromatic rings. The van der Waals surface area contributed by atoms with Gasteiger partial charge in [0.05, 0.1) is 12.2 Å². The van der Waals surface area contributed by atoms with Gasteiger partial charge in [-0.15, -0.1) is 0 Å². The average molecular weight is 271 g/mol. The minimum Gasteiger partial charge on any atom is -0.370 e. The Morgan fingerprint density at radius 3 is 2.75 bits per heavy atom. The number of unbranched alkanes of at least 4 members (excludes halogenated alkanes) is 2. The van der Waals surface area contributed by atoms with Gasteiger partial charge in [-0.1, -0.05) is 25.8 Å². The number of rotatable bonds is 8. The number of aromatic nitrogens is 3. The van der Waals surface area contributed by atoms with E-state index in [1.165, 1.54) is 12.8 Å². The summed E-state index contributed by atoms with van der Waals surface area (Å²) in [4.78, 5) is 12.9. The summed E-state index contributed by atoms with van der Waals surface area (Å²) in [6.07, 6.45) is 7.17. The van der Waals surface area contributed by atoms with E-state index in [1.54, 1.807) is 12.4 Å². The molecule has 0 bridgehead atoms. The monoisotopic (exact) mass is 271 g/mol. The number of anilines is 2. The molecular formula is C15H21N5. The van der Waals surface area contributed by atoms with Crippen LogP contribution in [0, 0.1) is 0 Å². The second kappa shape index (κ2) is 8.09. The zero-order valence-corrected chi connectivity index (χ0v) is 11.8. The highest BCUT2D eigenvalue weighted by Crippen LogP contribution is 2.07. The lowest BCUT2D eigenvalue weighted by Gasteiger charge is -2.08. The van der Waals surface area contributed by atoms with Crippen molar-refractivity contribution in [3.05, 3.63) is 42.4 Å². The van der Waals surface area contributed by atoms with Crippen LogP contribution < -0.4 is 10.6 Å². The molecule has 0 aromatic carbocycles. The molecule has 2 N–H and O–H groups in total. The van der Waals surface area contributed by atoms with Gasteiger partial charge >= 0.3 is 0 Å². The van der Waals surface area contributed by atoms with Crippen molar-refractivity contribution in [2.75, 3.05) is 17.2 Å². The molecule has 5 nitrogen and oxygen atoms in total. The van der Waals surface area contributed by atoms with Crippen molar-refractivity contribution in [3.63, 3.8) is 0 Å². The van der Waals surface area contributed by atoms with E-state index in [1.807, 2.05) is 24.3 Å². The highest BCUT2D eigenvalue weighted by Gasteiger charge is 1.99. The maximum atomic E-state index is 4.42. The number of nitrogens with one attached hydrogen (secondary N) is 2. The van der Waals surface area contributed by atoms with Crippen LogP contribution in [0.25, 0.3) is 0 Å². The van der Waals surface area contributed by atoms with Crippen LogP contribution in [-0.2, 0) is 6.54 Å². The van der Waals surface area contributed by atoms with Gasteiger partial charge in [0, 0.05) is 18.9 Å². The topological polar surface area (TPSA) is 62.7 Å². The molecule has 2 heterocycles. The van der Waals surface area contributed by atoms with E-state index in [4.69, 9.17) is 0 Å². The highest BCUT2D eigenvalue weighted by molar-refractivity contribution is 5.39. The van der Waals surface area contributed by atoms with Gasteiger partial charge < -0.3 is 10.6 Å². The van der Waals surface area contributed by atoms with Crippen molar-refractivity contribution >= 4 is 11.8 Å². The Morgan fingerprint density at radius 1 is 1.00 bits per heavy atom. The zero-order valence-electron chi connectivity index (χ0n) is 11.8. The normalized spacial score (nSPS) is 10.2. The number of hydrogen-bond donors (Lipinski definition) is 2. The van der Waals surface area contributed by atoms with Crippen molar-refractivity contribution in [3.8, 4) is 0 Å². The van der Waals surface area contributed by atoms with Gasteiger partial charge in [0.1, 0.15) is 5.82 Å². The van der Waals surface area contributed by atoms with Crippen LogP contribution in [0.1, 0.15) is 31.9 Å². The minimum atomic E-state index is 0.621. The van der Waals surface area contributed by atoms with Crippen molar-refractivity contribution < 1.29 is 0 Å². The predicted octanol–water partition coefficient (Wildman–Crippen LogP) is 3.09. The Kier molecular flexibility index (Phi) is 5.76. The average Bonchev–Trinajstić information content (AvgIpc) is 2.51. The van der Waals surface area contributed by atoms with Gasteiger partial charge in [0.2, 0.25) is 5.95 Å². The molecule has 0 aliphatic rings. The molecule has 0 spiro atoms. The number of hydrogen-bond acceptors (Lipinski definition) is 5. The van der Waals surface area contributed by atoms with E-state index in [0.29, 0.717) is 12.5 Å². The highest BCUT2D eigenvalue weighted by atomic mass is 15.1. The van der Waals surface area contributed by atoms with Crippen LogP contribution >= 0.6 is 0 Å². The lowest BCUT2D eigenvalue weighted by molar-refractivity contribution is 0.742. The molecule has 0 unspecified atom stereocenters. The van der Waals surface area contributed by atoms with Gasteiger partial charge in [-0.2, -0.15) is 4.98 Å². The van der Waals surface area contributed by atoms with E-state index in [0.717, 1.165) is 24.5 Å². The number of nitrogens with zero attached hydrogens (tertiary/aromatic N) is 3. The molecule has 0 aliphatic carbocycles. The molecule has 0 aliphatic heterocycles. The van der Waals surface area contributed by atoms with Crippen LogP contribution in [0.4, 0.5) is 11.8 Å². The van der Waals surface area contributed by atoms with E-state index in [-0.39, 0.29) is 0 Å². The Balaban J connectivity index is 1.83. The molecule has 0 radical (unpaired) electrons. The fourth-order valence-corrected chi connectivity index (χ4v) is 1.81. The lowest BCUT2D eigenvalue weighted by atomic mass is 10.2. The molecule has 106 valence electrons. The second-order valence-corrected chi connectivity index (χ2v) is 4.57. The third kappa shape index (κ3) is 4.84. The van der Waals surface area contributed by atoms with Crippen molar-refractivity contribution in [2.24, 2.45) is 0 Å². The predicted molar refractivity (Wildman–Crippen MR) is 81.6 cm³/mol. The first-order valence-corrected chi connectivity index (χ1v) is 7.09. The minimum absolute atomic E-state index is 0.621. The smallest absolute Gasteiger partial charge is 0.224 e. The third-order valence-corrected chi connectivity index (χ3v) is 2.90. The van der Waals surface area contributed by atoms with E-state index in [2.05, 4.69) is 32.5 Å². The van der Waals surface area contributed by atoms with Gasteiger partial charge in [-0.05, 0) is 24.6 Å². The lowest BCUT2D eigenvalue weighted by Crippen LogP contribution is -2.08. The van der Waals surface area contributed by atoms with E-state index in [9.17, 15) is 0 Å². The Bertz CT molecular complexity index is 501. The van der Waals surface area contributed by atoms with Crippen molar-refractivity contribution in [1.29, 1.82) is 0 Å². The molecule has 20 heavy (non-hydrogen) atoms. The van der Waals surface area contributed by atoms with E-state index < -0.39 is 0 Å². The summed E-state index contributed by atoms with van der Waals surface area (Å²) in [6, 6.07) is 7.73. The molecule has 0 atom stereocenters. The maximum absolute atomic E-state index is 4.42. The zero-order chi connectivity index (χ0) is 14.0. The summed E-state index contributed by atoms with van der Waals surface area (Å²) in [7, 11) is 0. The quantitative estimate of drug-likeness (QED) is 0.722. The van der Waals surface area contributed by atoms with Crippen molar-refractivity contribution in [1.82, 2.24) is 15.0 Å². The molecular weight excluding hydrogens is 250 g/mol. The molecule has 0 amide bonds. The molecule has 2 aromatic heterocycles. The first-order chi connectivity index (χ1) is 9.88. The second-order valence-electron chi connectivity index (χ2n) is 4.57. The summed E-state index contributed by atoms with van der Waals surface area (Å²) in [5, 5.41) is 6.49. The summed E-state index contributed by atoms with van der Waals surface area (Å²) in [5.41, 5.74) is 0.970. The third-order valence-electron chi connectivity index (χ3n) is 2.90. The summed E-state index contributed by atoms with van der Waals surface area (Å²) in [5.74, 6) is 1.48. The Labute approximate surface area is 119 Å². The van der Waals surface area contributed by atoms with Gasteiger partial charge in [0.15, 0.2) is 0 Å². The summed E-state index contributed by atoms with van der Waals surface area (Å²) in [6.45, 7) is 3.77. The van der Waals surface area contributed by atoms with Crippen LogP contribution in [0.15, 0.2) is 36.7 Å². The van der Waals surface area contributed by atoms with Crippen LogP contribution in [0.3, 0.4) is 0 Å². The largest absolute Gasteiger partial charge is 0.370 e. The fraction of sp³-hybridized carbons (Fsp3) is 0.400. The molecule has 0 saturated carbocycles. The van der Waals surface area contributed by atoms with Crippen LogP contribution in [0.2, 0.25) is 0 Å². The SMILES string of the molecule is CCCCCNc1ccnc(NCc2ccccn2)n1. The van der Waals surface area contributed by atoms with Crippen molar-refractivity contribution in [2.45, 2.75) is 32.7 Å². The number of pyridine rings is 1. The van der Waals surface area contributed by atoms with Crippen LogP contribution in [-0.4, -0.2) is 21.5 Å². The fourth-order valence-electron chi connectivity index (χ4n) is 1.81. The standard InChI is InChI=1S/C15H21N5/c1-2-3-5-10-17-14-8-11-18-15(20-14)19-12-13-7-4-6-9-16-13/h4,6-9,11H,2-3,5,10,12H2,1H3,(H2,17,18,19,20). The van der Waals surface area contributed by atoms with Gasteiger partial charge in [-0.25, -0.2) is 4.98 Å².